The molecule has 0 bridgehead atoms. The van der Waals surface area contributed by atoms with E-state index < -0.39 is 6.10 Å². The van der Waals surface area contributed by atoms with Crippen molar-refractivity contribution in [2.24, 2.45) is 0 Å². The van der Waals surface area contributed by atoms with E-state index in [-0.39, 0.29) is 5.91 Å². The maximum atomic E-state index is 12.5. The Morgan fingerprint density at radius 1 is 1.32 bits per heavy atom. The van der Waals surface area contributed by atoms with Crippen LogP contribution in [0.15, 0.2) is 48.7 Å². The van der Waals surface area contributed by atoms with Crippen LogP contribution in [-0.2, 0) is 11.2 Å². The van der Waals surface area contributed by atoms with Gasteiger partial charge in [-0.05, 0) is 24.3 Å². The molecule has 0 radical (unpaired) electrons. The lowest BCUT2D eigenvalue weighted by atomic mass is 10.2. The number of carbonyl (C=O) groups excluding carboxylic acids is 1. The predicted molar refractivity (Wildman–Crippen MR) is 84.9 cm³/mol. The lowest BCUT2D eigenvalue weighted by Crippen LogP contribution is -2.46. The average Bonchev–Trinajstić information content (AvgIpc) is 2.59. The highest BCUT2D eigenvalue weighted by Crippen LogP contribution is 2.28. The van der Waals surface area contributed by atoms with Crippen molar-refractivity contribution >= 4 is 11.6 Å². The van der Waals surface area contributed by atoms with Gasteiger partial charge in [0.2, 0.25) is 0 Å². The number of hydrogen-bond acceptors (Lipinski definition) is 4. The first kappa shape index (κ1) is 14.4. The van der Waals surface area contributed by atoms with Crippen molar-refractivity contribution in [1.29, 1.82) is 0 Å². The van der Waals surface area contributed by atoms with Crippen LogP contribution in [0.1, 0.15) is 5.69 Å². The molecule has 2 aromatic rings. The summed E-state index contributed by atoms with van der Waals surface area (Å²) in [5, 5.41) is 3.24. The van der Waals surface area contributed by atoms with E-state index in [4.69, 9.17) is 4.74 Å². The highest BCUT2D eigenvalue weighted by molar-refractivity contribution is 5.83. The molecule has 5 heteroatoms. The number of para-hydroxylation sites is 2. The van der Waals surface area contributed by atoms with Gasteiger partial charge in [0.15, 0.2) is 6.10 Å². The van der Waals surface area contributed by atoms with Gasteiger partial charge in [0.1, 0.15) is 5.75 Å². The molecule has 5 nitrogen and oxygen atoms in total. The van der Waals surface area contributed by atoms with Gasteiger partial charge in [0, 0.05) is 31.9 Å². The topological polar surface area (TPSA) is 54.5 Å². The summed E-state index contributed by atoms with van der Waals surface area (Å²) in [4.78, 5) is 18.4. The number of carbonyl (C=O) groups is 1. The molecule has 1 unspecified atom stereocenters. The van der Waals surface area contributed by atoms with E-state index in [0.717, 1.165) is 23.6 Å². The molecule has 3 rings (SSSR count). The fourth-order valence-electron chi connectivity index (χ4n) is 2.44. The molecule has 0 aliphatic carbocycles. The Hall–Kier alpha value is -2.56. The molecule has 0 saturated heterocycles. The highest BCUT2D eigenvalue weighted by Gasteiger charge is 2.27. The first-order chi connectivity index (χ1) is 10.7. The summed E-state index contributed by atoms with van der Waals surface area (Å²) in [7, 11) is 1.80. The quantitative estimate of drug-likeness (QED) is 0.937. The van der Waals surface area contributed by atoms with E-state index in [1.54, 1.807) is 18.1 Å². The monoisotopic (exact) mass is 297 g/mol. The molecular formula is C17H19N3O2. The molecule has 1 aromatic heterocycles. The van der Waals surface area contributed by atoms with Crippen molar-refractivity contribution < 1.29 is 9.53 Å². The van der Waals surface area contributed by atoms with Crippen molar-refractivity contribution in [2.75, 3.05) is 25.5 Å². The van der Waals surface area contributed by atoms with Crippen LogP contribution < -0.4 is 10.1 Å². The van der Waals surface area contributed by atoms with Crippen LogP contribution in [0.3, 0.4) is 0 Å². The maximum Gasteiger partial charge on any atom is 0.265 e. The second-order valence-corrected chi connectivity index (χ2v) is 5.31. The van der Waals surface area contributed by atoms with E-state index in [0.29, 0.717) is 13.1 Å². The van der Waals surface area contributed by atoms with E-state index in [2.05, 4.69) is 10.3 Å². The zero-order chi connectivity index (χ0) is 15.4. The number of nitrogens with one attached hydrogen (secondary N) is 1. The summed E-state index contributed by atoms with van der Waals surface area (Å²) in [5.41, 5.74) is 1.91. The molecule has 0 spiro atoms. The Balaban J connectivity index is 1.57. The number of benzene rings is 1. The van der Waals surface area contributed by atoms with Gasteiger partial charge >= 0.3 is 0 Å². The minimum absolute atomic E-state index is 0.0158. The summed E-state index contributed by atoms with van der Waals surface area (Å²) in [6, 6.07) is 13.5. The van der Waals surface area contributed by atoms with Gasteiger partial charge in [-0.2, -0.15) is 0 Å². The molecule has 2 heterocycles. The van der Waals surface area contributed by atoms with E-state index >= 15 is 0 Å². The predicted octanol–water partition coefficient (Wildman–Crippen LogP) is 1.96. The summed E-state index contributed by atoms with van der Waals surface area (Å²) < 4.78 is 5.80. The zero-order valence-corrected chi connectivity index (χ0v) is 12.5. The van der Waals surface area contributed by atoms with Crippen LogP contribution in [0.2, 0.25) is 0 Å². The van der Waals surface area contributed by atoms with Crippen molar-refractivity contribution in [2.45, 2.75) is 12.5 Å². The van der Waals surface area contributed by atoms with Crippen molar-refractivity contribution in [3.63, 3.8) is 0 Å². The standard InChI is InChI=1S/C17H19N3O2/c1-20(11-9-13-6-4-5-10-18-13)17(21)16-12-19-14-7-2-3-8-15(14)22-16/h2-8,10,16,19H,9,11-12H2,1H3. The van der Waals surface area contributed by atoms with Crippen molar-refractivity contribution in [3.8, 4) is 5.75 Å². The minimum Gasteiger partial charge on any atom is -0.477 e. The summed E-state index contributed by atoms with van der Waals surface area (Å²) in [5.74, 6) is 0.711. The number of amides is 1. The van der Waals surface area contributed by atoms with Gasteiger partial charge in [0.25, 0.3) is 5.91 Å². The van der Waals surface area contributed by atoms with Crippen molar-refractivity contribution in [3.05, 3.63) is 54.4 Å². The maximum absolute atomic E-state index is 12.5. The molecule has 1 aliphatic heterocycles. The van der Waals surface area contributed by atoms with Crippen LogP contribution in [0, 0.1) is 0 Å². The third-order valence-electron chi connectivity index (χ3n) is 3.72. The zero-order valence-electron chi connectivity index (χ0n) is 12.5. The molecule has 22 heavy (non-hydrogen) atoms. The highest BCUT2D eigenvalue weighted by atomic mass is 16.5. The number of likely N-dealkylation sites (N-methyl/N-ethyl adjacent to an activating group) is 1. The van der Waals surface area contributed by atoms with Crippen LogP contribution in [0.25, 0.3) is 0 Å². The average molecular weight is 297 g/mol. The number of anilines is 1. The van der Waals surface area contributed by atoms with Gasteiger partial charge in [-0.25, -0.2) is 0 Å². The van der Waals surface area contributed by atoms with Gasteiger partial charge in [-0.1, -0.05) is 18.2 Å². The van der Waals surface area contributed by atoms with Gasteiger partial charge < -0.3 is 15.0 Å². The first-order valence-corrected chi connectivity index (χ1v) is 7.38. The molecule has 1 aliphatic rings. The largest absolute Gasteiger partial charge is 0.477 e. The normalized spacial score (nSPS) is 16.1. The Bertz CT molecular complexity index is 645. The SMILES string of the molecule is CN(CCc1ccccn1)C(=O)C1CNc2ccccc2O1. The van der Waals surface area contributed by atoms with Crippen LogP contribution >= 0.6 is 0 Å². The summed E-state index contributed by atoms with van der Waals surface area (Å²) in [6.07, 6.45) is 2.02. The van der Waals surface area contributed by atoms with E-state index in [1.807, 2.05) is 42.5 Å². The number of pyridine rings is 1. The molecule has 1 N–H and O–H groups in total. The van der Waals surface area contributed by atoms with Crippen LogP contribution in [-0.4, -0.2) is 42.0 Å². The minimum atomic E-state index is -0.483. The second kappa shape index (κ2) is 6.47. The number of nitrogens with zero attached hydrogens (tertiary/aromatic N) is 2. The van der Waals surface area contributed by atoms with E-state index in [9.17, 15) is 4.79 Å². The molecular weight excluding hydrogens is 278 g/mol. The molecule has 1 amide bonds. The van der Waals surface area contributed by atoms with Gasteiger partial charge in [-0.15, -0.1) is 0 Å². The third-order valence-corrected chi connectivity index (χ3v) is 3.72. The molecule has 0 fully saturated rings. The summed E-state index contributed by atoms with van der Waals surface area (Å²) >= 11 is 0. The molecule has 1 aromatic carbocycles. The molecule has 114 valence electrons. The molecule has 0 saturated carbocycles. The Kier molecular flexibility index (Phi) is 4.23. The van der Waals surface area contributed by atoms with Gasteiger partial charge in [0.05, 0.1) is 12.2 Å². The fourth-order valence-corrected chi connectivity index (χ4v) is 2.44. The Labute approximate surface area is 129 Å². The van der Waals surface area contributed by atoms with E-state index in [1.165, 1.54) is 0 Å². The second-order valence-electron chi connectivity index (χ2n) is 5.31. The van der Waals surface area contributed by atoms with Crippen molar-refractivity contribution in [1.82, 2.24) is 9.88 Å². The number of hydrogen-bond donors (Lipinski definition) is 1. The number of aromatic nitrogens is 1. The lowest BCUT2D eigenvalue weighted by Gasteiger charge is -2.29. The Morgan fingerprint density at radius 2 is 2.14 bits per heavy atom. The Morgan fingerprint density at radius 3 is 2.95 bits per heavy atom. The first-order valence-electron chi connectivity index (χ1n) is 7.38. The number of ether oxygens (including phenoxy) is 1. The number of fused-ring (bicyclic) bond motifs is 1. The van der Waals surface area contributed by atoms with Crippen LogP contribution in [0.5, 0.6) is 5.75 Å². The molecule has 1 atom stereocenters. The summed E-state index contributed by atoms with van der Waals surface area (Å²) in [6.45, 7) is 1.11. The fraction of sp³-hybridized carbons (Fsp3) is 0.294. The number of rotatable bonds is 4. The lowest BCUT2D eigenvalue weighted by molar-refractivity contribution is -0.136. The van der Waals surface area contributed by atoms with Crippen LogP contribution in [0.4, 0.5) is 5.69 Å². The third kappa shape index (κ3) is 3.19. The van der Waals surface area contributed by atoms with Gasteiger partial charge in [-0.3, -0.25) is 9.78 Å². The smallest absolute Gasteiger partial charge is 0.265 e.